The van der Waals surface area contributed by atoms with Gasteiger partial charge in [0.05, 0.1) is 18.1 Å². The molecule has 7 heteroatoms. The minimum atomic E-state index is -3.12. The van der Waals surface area contributed by atoms with Crippen LogP contribution in [0.5, 0.6) is 0 Å². The van der Waals surface area contributed by atoms with Crippen LogP contribution < -0.4 is 0 Å². The molecule has 0 aromatic heterocycles. The highest BCUT2D eigenvalue weighted by atomic mass is 32.2. The summed E-state index contributed by atoms with van der Waals surface area (Å²) < 4.78 is 28.4. The Morgan fingerprint density at radius 3 is 2.58 bits per heavy atom. The van der Waals surface area contributed by atoms with E-state index in [4.69, 9.17) is 4.74 Å². The first-order valence-corrected chi connectivity index (χ1v) is 8.45. The van der Waals surface area contributed by atoms with Crippen molar-refractivity contribution in [3.8, 4) is 0 Å². The van der Waals surface area contributed by atoms with Gasteiger partial charge >= 0.3 is 11.9 Å². The molecule has 1 atom stereocenters. The lowest BCUT2D eigenvalue weighted by atomic mass is 10.1. The number of rotatable bonds is 2. The van der Waals surface area contributed by atoms with Gasteiger partial charge in [0, 0.05) is 12.6 Å². The Bertz CT molecular complexity index is 469. The van der Waals surface area contributed by atoms with E-state index in [1.54, 1.807) is 6.92 Å². The second-order valence-electron chi connectivity index (χ2n) is 5.09. The van der Waals surface area contributed by atoms with Gasteiger partial charge in [-0.2, -0.15) is 0 Å². The molecule has 0 bridgehead atoms. The van der Waals surface area contributed by atoms with Crippen LogP contribution in [-0.4, -0.2) is 55.9 Å². The van der Waals surface area contributed by atoms with Gasteiger partial charge in [-0.3, -0.25) is 4.79 Å². The summed E-state index contributed by atoms with van der Waals surface area (Å²) in [5.41, 5.74) is 0. The summed E-state index contributed by atoms with van der Waals surface area (Å²) in [6.45, 7) is 2.10. The van der Waals surface area contributed by atoms with E-state index in [0.717, 1.165) is 12.8 Å². The van der Waals surface area contributed by atoms with E-state index in [-0.39, 0.29) is 30.1 Å². The van der Waals surface area contributed by atoms with Gasteiger partial charge in [-0.05, 0) is 32.1 Å². The smallest absolute Gasteiger partial charge is 0.397 e. The van der Waals surface area contributed by atoms with E-state index < -0.39 is 21.7 Å². The third kappa shape index (κ3) is 3.46. The van der Waals surface area contributed by atoms with E-state index in [2.05, 4.69) is 0 Å². The normalized spacial score (nSPS) is 26.6. The minimum Gasteiger partial charge on any atom is -0.459 e. The number of ether oxygens (including phenoxy) is 1. The van der Waals surface area contributed by atoms with Crippen molar-refractivity contribution < 1.29 is 22.7 Å². The molecule has 19 heavy (non-hydrogen) atoms. The van der Waals surface area contributed by atoms with Gasteiger partial charge in [0.2, 0.25) is 0 Å². The van der Waals surface area contributed by atoms with Crippen LogP contribution in [0.2, 0.25) is 0 Å². The third-order valence-electron chi connectivity index (χ3n) is 3.56. The fourth-order valence-electron chi connectivity index (χ4n) is 2.49. The monoisotopic (exact) mass is 289 g/mol. The van der Waals surface area contributed by atoms with Crippen molar-refractivity contribution in [3.63, 3.8) is 0 Å². The Morgan fingerprint density at radius 2 is 2.00 bits per heavy atom. The fraction of sp³-hybridized carbons (Fsp3) is 0.833. The average Bonchev–Trinajstić information content (AvgIpc) is 3.15. The second kappa shape index (κ2) is 5.48. The summed E-state index contributed by atoms with van der Waals surface area (Å²) >= 11 is 0. The molecule has 1 unspecified atom stereocenters. The van der Waals surface area contributed by atoms with E-state index in [1.807, 2.05) is 0 Å². The van der Waals surface area contributed by atoms with Gasteiger partial charge in [-0.25, -0.2) is 13.2 Å². The topological polar surface area (TPSA) is 80.8 Å². The molecule has 2 rings (SSSR count). The van der Waals surface area contributed by atoms with Crippen LogP contribution >= 0.6 is 0 Å². The molecule has 0 spiro atoms. The summed E-state index contributed by atoms with van der Waals surface area (Å²) in [6.07, 6.45) is 2.23. The molecule has 0 aromatic rings. The van der Waals surface area contributed by atoms with Crippen LogP contribution in [0, 0.1) is 5.92 Å². The molecule has 0 aromatic carbocycles. The molecule has 1 aliphatic heterocycles. The zero-order valence-corrected chi connectivity index (χ0v) is 11.8. The molecule has 0 radical (unpaired) electrons. The Morgan fingerprint density at radius 1 is 1.32 bits per heavy atom. The van der Waals surface area contributed by atoms with Gasteiger partial charge in [-0.15, -0.1) is 0 Å². The van der Waals surface area contributed by atoms with Crippen LogP contribution in [0.3, 0.4) is 0 Å². The Hall–Kier alpha value is -1.11. The highest BCUT2D eigenvalue weighted by Gasteiger charge is 2.43. The third-order valence-corrected chi connectivity index (χ3v) is 5.32. The van der Waals surface area contributed by atoms with Crippen LogP contribution in [0.15, 0.2) is 0 Å². The zero-order chi connectivity index (χ0) is 14.0. The quantitative estimate of drug-likeness (QED) is 0.527. The zero-order valence-electron chi connectivity index (χ0n) is 11.0. The highest BCUT2D eigenvalue weighted by molar-refractivity contribution is 7.91. The molecule has 1 aliphatic carbocycles. The standard InChI is InChI=1S/C12H19NO5S/c1-2-18-12(15)11(14)13-6-3-7-19(16,17)8-10(13)9-4-5-9/h9-10H,2-8H2,1H3. The Kier molecular flexibility index (Phi) is 4.13. The lowest BCUT2D eigenvalue weighted by Crippen LogP contribution is -2.47. The number of carbonyl (C=O) groups is 2. The SMILES string of the molecule is CCOC(=O)C(=O)N1CCCS(=O)(=O)CC1C1CC1. The van der Waals surface area contributed by atoms with E-state index in [9.17, 15) is 18.0 Å². The minimum absolute atomic E-state index is 0.0250. The molecule has 2 aliphatic rings. The van der Waals surface area contributed by atoms with Gasteiger partial charge in [0.15, 0.2) is 9.84 Å². The molecule has 1 saturated carbocycles. The van der Waals surface area contributed by atoms with Gasteiger partial charge in [0.25, 0.3) is 0 Å². The van der Waals surface area contributed by atoms with Crippen LogP contribution in [-0.2, 0) is 24.2 Å². The fourth-order valence-corrected chi connectivity index (χ4v) is 4.20. The predicted molar refractivity (Wildman–Crippen MR) is 68.1 cm³/mol. The largest absolute Gasteiger partial charge is 0.459 e. The van der Waals surface area contributed by atoms with Crippen molar-refractivity contribution in [1.29, 1.82) is 0 Å². The van der Waals surface area contributed by atoms with Crippen molar-refractivity contribution in [1.82, 2.24) is 4.90 Å². The molecule has 1 saturated heterocycles. The molecule has 1 amide bonds. The van der Waals surface area contributed by atoms with E-state index in [1.165, 1.54) is 4.90 Å². The van der Waals surface area contributed by atoms with Gasteiger partial charge in [-0.1, -0.05) is 0 Å². The summed E-state index contributed by atoms with van der Waals surface area (Å²) in [7, 11) is -3.12. The van der Waals surface area contributed by atoms with Crippen LogP contribution in [0.25, 0.3) is 0 Å². The molecule has 108 valence electrons. The van der Waals surface area contributed by atoms with Crippen LogP contribution in [0.4, 0.5) is 0 Å². The Labute approximate surface area is 113 Å². The van der Waals surface area contributed by atoms with Crippen molar-refractivity contribution in [3.05, 3.63) is 0 Å². The molecule has 6 nitrogen and oxygen atoms in total. The van der Waals surface area contributed by atoms with Crippen molar-refractivity contribution >= 4 is 21.7 Å². The first kappa shape index (κ1) is 14.3. The van der Waals surface area contributed by atoms with Crippen molar-refractivity contribution in [2.24, 2.45) is 5.92 Å². The lowest BCUT2D eigenvalue weighted by molar-refractivity contribution is -0.161. The van der Waals surface area contributed by atoms with E-state index in [0.29, 0.717) is 13.0 Å². The number of nitrogens with zero attached hydrogens (tertiary/aromatic N) is 1. The molecular weight excluding hydrogens is 270 g/mol. The number of hydrogen-bond donors (Lipinski definition) is 0. The summed E-state index contributed by atoms with van der Waals surface area (Å²) in [6, 6.07) is -0.357. The lowest BCUT2D eigenvalue weighted by Gasteiger charge is -2.28. The maximum absolute atomic E-state index is 12.1. The first-order valence-electron chi connectivity index (χ1n) is 6.62. The van der Waals surface area contributed by atoms with Crippen LogP contribution in [0.1, 0.15) is 26.2 Å². The second-order valence-corrected chi connectivity index (χ2v) is 7.32. The maximum atomic E-state index is 12.1. The van der Waals surface area contributed by atoms with Crippen molar-refractivity contribution in [2.45, 2.75) is 32.2 Å². The summed E-state index contributed by atoms with van der Waals surface area (Å²) in [4.78, 5) is 25.0. The molecule has 1 heterocycles. The molecule has 0 N–H and O–H groups in total. The maximum Gasteiger partial charge on any atom is 0.397 e. The number of amides is 1. The predicted octanol–water partition coefficient (Wildman–Crippen LogP) is -0.0248. The molecule has 2 fully saturated rings. The highest BCUT2D eigenvalue weighted by Crippen LogP contribution is 2.37. The first-order chi connectivity index (χ1) is 8.94. The average molecular weight is 289 g/mol. The Balaban J connectivity index is 2.16. The number of esters is 1. The number of hydrogen-bond acceptors (Lipinski definition) is 5. The number of sulfone groups is 1. The van der Waals surface area contributed by atoms with Crippen molar-refractivity contribution in [2.75, 3.05) is 24.7 Å². The number of carbonyl (C=O) groups excluding carboxylic acids is 2. The molecular formula is C12H19NO5S. The summed E-state index contributed by atoms with van der Waals surface area (Å²) in [5.74, 6) is -1.31. The van der Waals surface area contributed by atoms with Gasteiger partial charge in [0.1, 0.15) is 0 Å². The summed E-state index contributed by atoms with van der Waals surface area (Å²) in [5, 5.41) is 0. The van der Waals surface area contributed by atoms with E-state index >= 15 is 0 Å². The van der Waals surface area contributed by atoms with Gasteiger partial charge < -0.3 is 9.64 Å².